The predicted octanol–water partition coefficient (Wildman–Crippen LogP) is 3.41. The van der Waals surface area contributed by atoms with E-state index in [9.17, 15) is 13.2 Å². The molecule has 0 aliphatic rings. The third kappa shape index (κ3) is 2.37. The molecule has 0 fully saturated rings. The van der Waals surface area contributed by atoms with Crippen LogP contribution in [0.4, 0.5) is 13.2 Å². The Balaban J connectivity index is 2.56. The van der Waals surface area contributed by atoms with Gasteiger partial charge in [0.15, 0.2) is 5.82 Å². The summed E-state index contributed by atoms with van der Waals surface area (Å²) in [7, 11) is 0. The van der Waals surface area contributed by atoms with Crippen molar-refractivity contribution in [3.8, 4) is 5.82 Å². The maximum atomic E-state index is 12.9. The molecule has 3 nitrogen and oxygen atoms in total. The molecular weight excluding hydrogens is 243 g/mol. The summed E-state index contributed by atoms with van der Waals surface area (Å²) in [6, 6.07) is 4.63. The van der Waals surface area contributed by atoms with Crippen molar-refractivity contribution in [2.45, 2.75) is 25.9 Å². The summed E-state index contributed by atoms with van der Waals surface area (Å²) in [5, 5.41) is 3.87. The Morgan fingerprint density at radius 1 is 1.22 bits per heavy atom. The predicted molar refractivity (Wildman–Crippen MR) is 60.5 cm³/mol. The molecule has 0 spiro atoms. The number of nitrogens with zero attached hydrogens (tertiary/aromatic N) is 3. The van der Waals surface area contributed by atoms with Crippen LogP contribution in [0.1, 0.15) is 31.0 Å². The second-order valence-electron chi connectivity index (χ2n) is 4.21. The van der Waals surface area contributed by atoms with Crippen LogP contribution in [0.25, 0.3) is 5.82 Å². The van der Waals surface area contributed by atoms with Crippen molar-refractivity contribution in [2.24, 2.45) is 0 Å². The Kier molecular flexibility index (Phi) is 3.11. The minimum Gasteiger partial charge on any atom is -0.224 e. The Morgan fingerprint density at radius 3 is 2.44 bits per heavy atom. The van der Waals surface area contributed by atoms with E-state index in [4.69, 9.17) is 0 Å². The molecule has 2 heterocycles. The van der Waals surface area contributed by atoms with Gasteiger partial charge in [0.05, 0.1) is 0 Å². The van der Waals surface area contributed by atoms with Crippen molar-refractivity contribution in [1.29, 1.82) is 0 Å². The molecule has 0 saturated heterocycles. The van der Waals surface area contributed by atoms with Crippen molar-refractivity contribution in [1.82, 2.24) is 14.8 Å². The van der Waals surface area contributed by atoms with Crippen LogP contribution in [0.2, 0.25) is 0 Å². The van der Waals surface area contributed by atoms with E-state index in [1.165, 1.54) is 23.0 Å². The zero-order chi connectivity index (χ0) is 13.3. The lowest BCUT2D eigenvalue weighted by molar-refractivity contribution is -0.142. The average molecular weight is 255 g/mol. The first-order valence-electron chi connectivity index (χ1n) is 5.47. The van der Waals surface area contributed by atoms with Gasteiger partial charge in [-0.25, -0.2) is 9.67 Å². The number of aromatic nitrogens is 3. The van der Waals surface area contributed by atoms with Crippen LogP contribution in [0, 0.1) is 0 Å². The molecular formula is C12H12F3N3. The Labute approximate surface area is 102 Å². The molecule has 0 saturated carbocycles. The minimum absolute atomic E-state index is 0.164. The minimum atomic E-state index is -4.46. The van der Waals surface area contributed by atoms with Gasteiger partial charge in [0.1, 0.15) is 5.69 Å². The van der Waals surface area contributed by atoms with Gasteiger partial charge in [-0.15, -0.1) is 0 Å². The highest BCUT2D eigenvalue weighted by atomic mass is 19.4. The van der Waals surface area contributed by atoms with Crippen molar-refractivity contribution in [2.75, 3.05) is 0 Å². The highest BCUT2D eigenvalue weighted by Gasteiger charge is 2.36. The fourth-order valence-corrected chi connectivity index (χ4v) is 1.68. The third-order valence-electron chi connectivity index (χ3n) is 2.54. The Hall–Kier alpha value is -1.85. The topological polar surface area (TPSA) is 30.7 Å². The molecule has 0 atom stereocenters. The molecule has 0 unspecified atom stereocenters. The van der Waals surface area contributed by atoms with Gasteiger partial charge < -0.3 is 0 Å². The maximum Gasteiger partial charge on any atom is 0.433 e. The van der Waals surface area contributed by atoms with Crippen molar-refractivity contribution >= 4 is 0 Å². The molecule has 0 aliphatic carbocycles. The molecule has 18 heavy (non-hydrogen) atoms. The van der Waals surface area contributed by atoms with Gasteiger partial charge in [-0.1, -0.05) is 19.9 Å². The highest BCUT2D eigenvalue weighted by molar-refractivity contribution is 5.33. The van der Waals surface area contributed by atoms with Crippen molar-refractivity contribution < 1.29 is 13.2 Å². The number of pyridine rings is 1. The monoisotopic (exact) mass is 255 g/mol. The lowest BCUT2D eigenvalue weighted by Crippen LogP contribution is -2.15. The first kappa shape index (κ1) is 12.6. The number of halogens is 3. The van der Waals surface area contributed by atoms with Crippen LogP contribution in [0.3, 0.4) is 0 Å². The van der Waals surface area contributed by atoms with E-state index in [2.05, 4.69) is 10.1 Å². The molecule has 0 amide bonds. The van der Waals surface area contributed by atoms with Gasteiger partial charge in [0.25, 0.3) is 0 Å². The molecule has 0 N–H and O–H groups in total. The quantitative estimate of drug-likeness (QED) is 0.823. The first-order valence-corrected chi connectivity index (χ1v) is 5.47. The molecule has 0 aliphatic heterocycles. The number of alkyl halides is 3. The molecule has 2 aromatic heterocycles. The Bertz CT molecular complexity index is 530. The molecule has 0 aromatic carbocycles. The Morgan fingerprint density at radius 2 is 1.94 bits per heavy atom. The van der Waals surface area contributed by atoms with E-state index in [1.54, 1.807) is 26.1 Å². The lowest BCUT2D eigenvalue weighted by Gasteiger charge is -2.15. The molecule has 0 bridgehead atoms. The zero-order valence-corrected chi connectivity index (χ0v) is 9.94. The van der Waals surface area contributed by atoms with Crippen molar-refractivity contribution in [3.05, 3.63) is 41.9 Å². The van der Waals surface area contributed by atoms with Gasteiger partial charge in [0, 0.05) is 12.4 Å². The highest BCUT2D eigenvalue weighted by Crippen LogP contribution is 2.34. The maximum absolute atomic E-state index is 12.9. The van der Waals surface area contributed by atoms with Gasteiger partial charge in [-0.2, -0.15) is 18.3 Å². The van der Waals surface area contributed by atoms with Gasteiger partial charge in [0.2, 0.25) is 0 Å². The fraction of sp³-hybridized carbons (Fsp3) is 0.333. The van der Waals surface area contributed by atoms with Crippen LogP contribution in [-0.4, -0.2) is 14.8 Å². The third-order valence-corrected chi connectivity index (χ3v) is 2.54. The normalized spacial score (nSPS) is 12.1. The number of rotatable bonds is 2. The van der Waals surface area contributed by atoms with E-state index in [0.29, 0.717) is 0 Å². The van der Waals surface area contributed by atoms with E-state index >= 15 is 0 Å². The SMILES string of the molecule is CC(C)c1ccc(-n2cccn2)nc1C(F)(F)F. The van der Waals surface area contributed by atoms with Crippen LogP contribution >= 0.6 is 0 Å². The second-order valence-corrected chi connectivity index (χ2v) is 4.21. The van der Waals surface area contributed by atoms with Crippen LogP contribution < -0.4 is 0 Å². The summed E-state index contributed by atoms with van der Waals surface area (Å²) in [5.74, 6) is -0.0717. The van der Waals surface area contributed by atoms with E-state index in [0.717, 1.165) is 0 Å². The van der Waals surface area contributed by atoms with E-state index in [-0.39, 0.29) is 17.3 Å². The largest absolute Gasteiger partial charge is 0.433 e. The molecule has 6 heteroatoms. The smallest absolute Gasteiger partial charge is 0.224 e. The zero-order valence-electron chi connectivity index (χ0n) is 9.94. The van der Waals surface area contributed by atoms with E-state index < -0.39 is 11.9 Å². The average Bonchev–Trinajstić information content (AvgIpc) is 2.80. The van der Waals surface area contributed by atoms with Gasteiger partial charge in [-0.3, -0.25) is 0 Å². The number of hydrogen-bond donors (Lipinski definition) is 0. The van der Waals surface area contributed by atoms with E-state index in [1.807, 2.05) is 0 Å². The van der Waals surface area contributed by atoms with Crippen molar-refractivity contribution in [3.63, 3.8) is 0 Å². The van der Waals surface area contributed by atoms with Gasteiger partial charge in [-0.05, 0) is 23.6 Å². The standard InChI is InChI=1S/C12H12F3N3/c1-8(2)9-4-5-10(18-7-3-6-16-18)17-11(9)12(13,14)15/h3-8H,1-2H3. The van der Waals surface area contributed by atoms with Crippen LogP contribution in [0.15, 0.2) is 30.6 Å². The summed E-state index contributed by atoms with van der Waals surface area (Å²) in [5.41, 5.74) is -0.649. The second kappa shape index (κ2) is 4.44. The summed E-state index contributed by atoms with van der Waals surface area (Å²) in [6.45, 7) is 3.42. The van der Waals surface area contributed by atoms with Gasteiger partial charge >= 0.3 is 6.18 Å². The molecule has 96 valence electrons. The number of hydrogen-bond acceptors (Lipinski definition) is 2. The summed E-state index contributed by atoms with van der Waals surface area (Å²) in [4.78, 5) is 3.68. The molecule has 0 radical (unpaired) electrons. The first-order chi connectivity index (χ1) is 8.39. The summed E-state index contributed by atoms with van der Waals surface area (Å²) in [6.07, 6.45) is -1.41. The van der Waals surface area contributed by atoms with Crippen LogP contribution in [-0.2, 0) is 6.18 Å². The molecule has 2 aromatic rings. The lowest BCUT2D eigenvalue weighted by atomic mass is 10.0. The molecule has 2 rings (SSSR count). The fourth-order valence-electron chi connectivity index (χ4n) is 1.68. The summed E-state index contributed by atoms with van der Waals surface area (Å²) >= 11 is 0. The summed E-state index contributed by atoms with van der Waals surface area (Å²) < 4.78 is 40.1. The van der Waals surface area contributed by atoms with Crippen LogP contribution in [0.5, 0.6) is 0 Å².